The van der Waals surface area contributed by atoms with Crippen LogP contribution in [0.1, 0.15) is 13.8 Å². The molecule has 0 aliphatic rings. The van der Waals surface area contributed by atoms with Crippen LogP contribution in [0, 0.1) is 0 Å². The largest absolute Gasteiger partial charge is 0.395 e. The molecule has 0 saturated carbocycles. The van der Waals surface area contributed by atoms with Crippen LogP contribution in [0.4, 0.5) is 0 Å². The van der Waals surface area contributed by atoms with Crippen LogP contribution < -0.4 is 6.15 Å². The molecule has 0 aromatic rings. The quantitative estimate of drug-likeness (QED) is 0.660. The van der Waals surface area contributed by atoms with Crippen LogP contribution in [0.25, 0.3) is 0 Å². The second kappa shape index (κ2) is 11.9. The minimum atomic E-state index is 0. The van der Waals surface area contributed by atoms with Gasteiger partial charge in [-0.2, -0.15) is 0 Å². The number of hydrogen-bond donors (Lipinski definition) is 2. The molecule has 10 heavy (non-hydrogen) atoms. The number of likely N-dealkylation sites (N-methyl/N-ethyl adjacent to an activating group) is 1. The monoisotopic (exact) mass is 170 g/mol. The molecule has 0 rings (SSSR count). The highest BCUT2D eigenvalue weighted by Gasteiger charge is 1.93. The molecule has 3 nitrogen and oxygen atoms in total. The van der Waals surface area contributed by atoms with E-state index < -0.39 is 0 Å². The fraction of sp³-hybridized carbons (Fsp3) is 1.00. The lowest BCUT2D eigenvalue weighted by Crippen LogP contribution is -2.25. The fourth-order valence-electron chi connectivity index (χ4n) is 0.681. The number of aliphatic hydroxyl groups excluding tert-OH is 1. The molecule has 4 N–H and O–H groups in total. The Bertz CT molecular complexity index is 51.0. The van der Waals surface area contributed by atoms with Gasteiger partial charge in [-0.15, -0.1) is 12.4 Å². The third-order valence-corrected chi connectivity index (χ3v) is 1.31. The Balaban J connectivity index is -0.000000245. The average molecular weight is 171 g/mol. The van der Waals surface area contributed by atoms with Gasteiger partial charge in [0.2, 0.25) is 0 Å². The zero-order valence-electron chi connectivity index (χ0n) is 6.84. The van der Waals surface area contributed by atoms with Crippen molar-refractivity contribution in [2.45, 2.75) is 13.8 Å². The normalized spacial score (nSPS) is 8.40. The van der Waals surface area contributed by atoms with E-state index >= 15 is 0 Å². The summed E-state index contributed by atoms with van der Waals surface area (Å²) in [4.78, 5) is 2.18. The van der Waals surface area contributed by atoms with Crippen LogP contribution in [0.2, 0.25) is 0 Å². The van der Waals surface area contributed by atoms with Crippen LogP contribution in [0.15, 0.2) is 0 Å². The van der Waals surface area contributed by atoms with Crippen LogP contribution in [0.3, 0.4) is 0 Å². The Kier molecular flexibility index (Phi) is 19.8. The second-order valence-corrected chi connectivity index (χ2v) is 1.75. The van der Waals surface area contributed by atoms with Crippen molar-refractivity contribution in [3.05, 3.63) is 0 Å². The summed E-state index contributed by atoms with van der Waals surface area (Å²) < 4.78 is 0. The lowest BCUT2D eigenvalue weighted by molar-refractivity contribution is 0.208. The molecular weight excluding hydrogens is 152 g/mol. The van der Waals surface area contributed by atoms with E-state index in [-0.39, 0.29) is 25.2 Å². The predicted molar refractivity (Wildman–Crippen MR) is 47.1 cm³/mol. The van der Waals surface area contributed by atoms with Crippen LogP contribution in [0.5, 0.6) is 0 Å². The average Bonchev–Trinajstić information content (AvgIpc) is 1.83. The standard InChI is InChI=1S/C6H15NO.ClH.H3N/c1-3-7(4-2)5-6-8;;/h8H,3-6H2,1-2H3;1H;1H3. The zero-order valence-corrected chi connectivity index (χ0v) is 7.65. The first-order valence-corrected chi connectivity index (χ1v) is 3.18. The molecule has 4 heteroatoms. The Labute approximate surface area is 69.4 Å². The molecule has 0 unspecified atom stereocenters. The molecule has 0 aliphatic heterocycles. The van der Waals surface area contributed by atoms with Crippen LogP contribution in [-0.4, -0.2) is 36.2 Å². The van der Waals surface area contributed by atoms with E-state index in [9.17, 15) is 0 Å². The highest BCUT2D eigenvalue weighted by Crippen LogP contribution is 1.82. The third-order valence-electron chi connectivity index (χ3n) is 1.31. The van der Waals surface area contributed by atoms with E-state index in [0.717, 1.165) is 19.6 Å². The van der Waals surface area contributed by atoms with Crippen LogP contribution >= 0.6 is 12.4 Å². The van der Waals surface area contributed by atoms with E-state index in [2.05, 4.69) is 18.7 Å². The Hall–Kier alpha value is 0.170. The molecular formula is C6H19ClN2O. The van der Waals surface area contributed by atoms with E-state index in [1.165, 1.54) is 0 Å². The van der Waals surface area contributed by atoms with Crippen molar-refractivity contribution in [2.24, 2.45) is 0 Å². The Morgan fingerprint density at radius 1 is 1.20 bits per heavy atom. The lowest BCUT2D eigenvalue weighted by Gasteiger charge is -2.15. The molecule has 0 radical (unpaired) electrons. The van der Waals surface area contributed by atoms with Crippen LogP contribution in [-0.2, 0) is 0 Å². The highest BCUT2D eigenvalue weighted by atomic mass is 35.5. The maximum atomic E-state index is 8.46. The van der Waals surface area contributed by atoms with Gasteiger partial charge >= 0.3 is 0 Å². The topological polar surface area (TPSA) is 58.5 Å². The summed E-state index contributed by atoms with van der Waals surface area (Å²) in [7, 11) is 0. The van der Waals surface area contributed by atoms with Gasteiger partial charge in [0.25, 0.3) is 0 Å². The number of nitrogens with zero attached hydrogens (tertiary/aromatic N) is 1. The van der Waals surface area contributed by atoms with Gasteiger partial charge < -0.3 is 16.2 Å². The number of hydrogen-bond acceptors (Lipinski definition) is 3. The third kappa shape index (κ3) is 8.17. The molecule has 0 fully saturated rings. The molecule has 0 saturated heterocycles. The molecule has 0 bridgehead atoms. The van der Waals surface area contributed by atoms with Gasteiger partial charge in [-0.3, -0.25) is 0 Å². The van der Waals surface area contributed by atoms with Gasteiger partial charge in [-0.05, 0) is 13.1 Å². The smallest absolute Gasteiger partial charge is 0.0558 e. The maximum Gasteiger partial charge on any atom is 0.0558 e. The summed E-state index contributed by atoms with van der Waals surface area (Å²) in [5.74, 6) is 0. The molecule has 0 heterocycles. The highest BCUT2D eigenvalue weighted by molar-refractivity contribution is 5.85. The second-order valence-electron chi connectivity index (χ2n) is 1.75. The van der Waals surface area contributed by atoms with Gasteiger partial charge in [0.1, 0.15) is 0 Å². The molecule has 0 aliphatic carbocycles. The maximum absolute atomic E-state index is 8.46. The summed E-state index contributed by atoms with van der Waals surface area (Å²) >= 11 is 0. The molecule has 66 valence electrons. The number of rotatable bonds is 4. The van der Waals surface area contributed by atoms with Gasteiger partial charge in [0, 0.05) is 6.54 Å². The first-order valence-electron chi connectivity index (χ1n) is 3.18. The summed E-state index contributed by atoms with van der Waals surface area (Å²) in [6.07, 6.45) is 0. The van der Waals surface area contributed by atoms with E-state index in [4.69, 9.17) is 5.11 Å². The first-order chi connectivity index (χ1) is 3.85. The fourth-order valence-corrected chi connectivity index (χ4v) is 0.681. The lowest BCUT2D eigenvalue weighted by atomic mass is 10.5. The van der Waals surface area contributed by atoms with Crippen molar-refractivity contribution < 1.29 is 5.11 Å². The first kappa shape index (κ1) is 16.6. The minimum absolute atomic E-state index is 0. The molecule has 0 atom stereocenters. The minimum Gasteiger partial charge on any atom is -0.395 e. The SMILES string of the molecule is CCN(CC)CCO.Cl.N. The van der Waals surface area contributed by atoms with Gasteiger partial charge in [-0.25, -0.2) is 0 Å². The zero-order chi connectivity index (χ0) is 6.41. The van der Waals surface area contributed by atoms with E-state index in [0.29, 0.717) is 0 Å². The van der Waals surface area contributed by atoms with Crippen molar-refractivity contribution in [1.82, 2.24) is 11.1 Å². The van der Waals surface area contributed by atoms with Crippen molar-refractivity contribution in [1.29, 1.82) is 0 Å². The van der Waals surface area contributed by atoms with Crippen molar-refractivity contribution >= 4 is 12.4 Å². The predicted octanol–water partition coefficient (Wildman–Crippen LogP) is 0.904. The van der Waals surface area contributed by atoms with Crippen molar-refractivity contribution in [3.63, 3.8) is 0 Å². The van der Waals surface area contributed by atoms with E-state index in [1.54, 1.807) is 0 Å². The Morgan fingerprint density at radius 3 is 1.70 bits per heavy atom. The van der Waals surface area contributed by atoms with E-state index in [1.807, 2.05) is 0 Å². The molecule has 0 amide bonds. The molecule has 0 aromatic heterocycles. The van der Waals surface area contributed by atoms with Crippen molar-refractivity contribution in [3.8, 4) is 0 Å². The number of aliphatic hydroxyl groups is 1. The van der Waals surface area contributed by atoms with Crippen molar-refractivity contribution in [2.75, 3.05) is 26.2 Å². The molecule has 0 spiro atoms. The summed E-state index contributed by atoms with van der Waals surface area (Å²) in [5.41, 5.74) is 0. The van der Waals surface area contributed by atoms with Gasteiger partial charge in [0.15, 0.2) is 0 Å². The Morgan fingerprint density at radius 2 is 1.60 bits per heavy atom. The molecule has 0 aromatic carbocycles. The summed E-state index contributed by atoms with van der Waals surface area (Å²) in [5, 5.41) is 8.46. The summed E-state index contributed by atoms with van der Waals surface area (Å²) in [6.45, 7) is 7.36. The van der Waals surface area contributed by atoms with Gasteiger partial charge in [-0.1, -0.05) is 13.8 Å². The summed E-state index contributed by atoms with van der Waals surface area (Å²) in [6, 6.07) is 0. The van der Waals surface area contributed by atoms with Gasteiger partial charge in [0.05, 0.1) is 6.61 Å². The number of halogens is 1.